The number of benzene rings is 1. The molecular weight excluding hydrogens is 494 g/mol. The van der Waals surface area contributed by atoms with E-state index in [1.807, 2.05) is 20.0 Å². The summed E-state index contributed by atoms with van der Waals surface area (Å²) in [6, 6.07) is 7.10. The van der Waals surface area contributed by atoms with Crippen molar-refractivity contribution in [2.75, 3.05) is 60.8 Å². The molecule has 3 aliphatic heterocycles. The van der Waals surface area contributed by atoms with E-state index in [2.05, 4.69) is 21.3 Å². The summed E-state index contributed by atoms with van der Waals surface area (Å²) >= 11 is 0. The fourth-order valence-corrected chi connectivity index (χ4v) is 7.21. The Bertz CT molecular complexity index is 1320. The van der Waals surface area contributed by atoms with E-state index >= 15 is 0 Å². The molecule has 2 aromatic rings. The number of pyridine rings is 1. The van der Waals surface area contributed by atoms with Gasteiger partial charge in [-0.2, -0.15) is 0 Å². The molecule has 3 aliphatic rings. The first-order valence-corrected chi connectivity index (χ1v) is 14.3. The van der Waals surface area contributed by atoms with Gasteiger partial charge in [0.1, 0.15) is 5.82 Å². The summed E-state index contributed by atoms with van der Waals surface area (Å²) in [7, 11) is -3.56. The van der Waals surface area contributed by atoms with Gasteiger partial charge in [0.15, 0.2) is 0 Å². The van der Waals surface area contributed by atoms with Gasteiger partial charge in [-0.3, -0.25) is 13.9 Å². The Morgan fingerprint density at radius 1 is 1.14 bits per heavy atom. The lowest BCUT2D eigenvalue weighted by atomic mass is 9.88. The predicted molar refractivity (Wildman–Crippen MR) is 140 cm³/mol. The third kappa shape index (κ3) is 4.77. The Labute approximate surface area is 217 Å². The number of carbonyl (C=O) groups excluding carboxylic acids is 2. The molecule has 0 saturated carbocycles. The molecule has 0 radical (unpaired) electrons. The average molecular weight is 528 g/mol. The van der Waals surface area contributed by atoms with Crippen LogP contribution in [-0.4, -0.2) is 86.9 Å². The van der Waals surface area contributed by atoms with Crippen LogP contribution in [0.2, 0.25) is 0 Å². The fraction of sp³-hybridized carbons (Fsp3) is 0.500. The van der Waals surface area contributed by atoms with Gasteiger partial charge in [-0.25, -0.2) is 13.4 Å². The molecule has 2 amide bonds. The smallest absolute Gasteiger partial charge is 0.256 e. The van der Waals surface area contributed by atoms with Crippen LogP contribution in [0.4, 0.5) is 11.5 Å². The number of piperazine rings is 1. The Balaban J connectivity index is 1.42. The number of sulfonamides is 1. The van der Waals surface area contributed by atoms with E-state index in [0.29, 0.717) is 62.5 Å². The minimum atomic E-state index is -3.56. The summed E-state index contributed by atoms with van der Waals surface area (Å²) in [5, 5.41) is 12.5. The Morgan fingerprint density at radius 2 is 1.89 bits per heavy atom. The normalized spacial score (nSPS) is 23.4. The van der Waals surface area contributed by atoms with Crippen LogP contribution in [0.5, 0.6) is 0 Å². The van der Waals surface area contributed by atoms with Crippen LogP contribution in [0, 0.1) is 19.8 Å². The molecule has 11 heteroatoms. The van der Waals surface area contributed by atoms with Crippen molar-refractivity contribution in [2.24, 2.45) is 5.92 Å². The largest absolute Gasteiger partial charge is 0.396 e. The summed E-state index contributed by atoms with van der Waals surface area (Å²) in [5.74, 6) is -0.388. The summed E-state index contributed by atoms with van der Waals surface area (Å²) in [4.78, 5) is 34.7. The van der Waals surface area contributed by atoms with E-state index in [1.54, 1.807) is 23.1 Å². The van der Waals surface area contributed by atoms with Crippen molar-refractivity contribution >= 4 is 33.3 Å². The number of nitrogens with one attached hydrogen (secondary N) is 1. The number of hydrogen-bond donors (Lipinski definition) is 2. The van der Waals surface area contributed by atoms with Gasteiger partial charge < -0.3 is 20.2 Å². The van der Waals surface area contributed by atoms with Crippen molar-refractivity contribution in [1.82, 2.24) is 15.2 Å². The maximum atomic E-state index is 13.7. The zero-order chi connectivity index (χ0) is 26.3. The second kappa shape index (κ2) is 9.94. The van der Waals surface area contributed by atoms with Crippen molar-refractivity contribution in [3.8, 4) is 0 Å². The van der Waals surface area contributed by atoms with Crippen LogP contribution in [0.25, 0.3) is 0 Å². The maximum Gasteiger partial charge on any atom is 0.256 e. The number of amides is 2. The molecule has 2 N–H and O–H groups in total. The third-order valence-corrected chi connectivity index (χ3v) is 9.42. The first kappa shape index (κ1) is 25.5. The third-order valence-electron chi connectivity index (χ3n) is 7.56. The molecular formula is C26H33N5O5S. The summed E-state index contributed by atoms with van der Waals surface area (Å²) in [6.07, 6.45) is 2.32. The highest BCUT2D eigenvalue weighted by molar-refractivity contribution is 7.93. The zero-order valence-corrected chi connectivity index (χ0v) is 22.0. The first-order valence-electron chi connectivity index (χ1n) is 12.7. The second-order valence-electron chi connectivity index (χ2n) is 10.1. The molecule has 3 fully saturated rings. The summed E-state index contributed by atoms with van der Waals surface area (Å²) < 4.78 is 27.0. The van der Waals surface area contributed by atoms with Crippen molar-refractivity contribution in [1.29, 1.82) is 0 Å². The molecule has 198 valence electrons. The Morgan fingerprint density at radius 3 is 2.54 bits per heavy atom. The molecule has 2 atom stereocenters. The zero-order valence-electron chi connectivity index (χ0n) is 21.2. The lowest BCUT2D eigenvalue weighted by molar-refractivity contribution is -0.120. The first-order chi connectivity index (χ1) is 17.7. The van der Waals surface area contributed by atoms with Crippen molar-refractivity contribution in [2.45, 2.75) is 26.2 Å². The van der Waals surface area contributed by atoms with Gasteiger partial charge in [0.25, 0.3) is 5.91 Å². The van der Waals surface area contributed by atoms with Crippen molar-refractivity contribution < 1.29 is 23.1 Å². The second-order valence-corrected chi connectivity index (χ2v) is 12.1. The van der Waals surface area contributed by atoms with E-state index in [0.717, 1.165) is 16.9 Å². The number of aromatic nitrogens is 1. The molecule has 37 heavy (non-hydrogen) atoms. The van der Waals surface area contributed by atoms with Gasteiger partial charge in [0.2, 0.25) is 15.9 Å². The van der Waals surface area contributed by atoms with Crippen molar-refractivity contribution in [3.05, 3.63) is 52.7 Å². The molecule has 0 aliphatic carbocycles. The lowest BCUT2D eigenvalue weighted by Crippen LogP contribution is -2.49. The molecule has 0 spiro atoms. The minimum Gasteiger partial charge on any atom is -0.396 e. The Kier molecular flexibility index (Phi) is 6.84. The number of aliphatic hydroxyl groups is 1. The maximum absolute atomic E-state index is 13.7. The van der Waals surface area contributed by atoms with Crippen LogP contribution in [0.1, 0.15) is 39.4 Å². The molecule has 4 heterocycles. The number of aryl methyl sites for hydroxylation is 2. The quantitative estimate of drug-likeness (QED) is 0.595. The number of carbonyl (C=O) groups is 2. The molecule has 1 unspecified atom stereocenters. The summed E-state index contributed by atoms with van der Waals surface area (Å²) in [5.41, 5.74) is 3.42. The highest BCUT2D eigenvalue weighted by Gasteiger charge is 2.38. The number of hydrogen-bond acceptors (Lipinski definition) is 7. The fourth-order valence-electron chi connectivity index (χ4n) is 5.64. The molecule has 10 nitrogen and oxygen atoms in total. The predicted octanol–water partition coefficient (Wildman–Crippen LogP) is 1.02. The van der Waals surface area contributed by atoms with Crippen LogP contribution >= 0.6 is 0 Å². The molecule has 3 saturated heterocycles. The van der Waals surface area contributed by atoms with Gasteiger partial charge in [0.05, 0.1) is 22.9 Å². The SMILES string of the molecule is Cc1cnc(N2CCN(C(=O)c3ccc([C@@H]4C(=O)NCC4CO)cc3N3CCCS3(=O)=O)CC2)c(C)c1. The van der Waals surface area contributed by atoms with E-state index < -0.39 is 15.9 Å². The number of rotatable bonds is 5. The highest BCUT2D eigenvalue weighted by Crippen LogP contribution is 2.36. The van der Waals surface area contributed by atoms with Gasteiger partial charge in [-0.05, 0) is 49.1 Å². The highest BCUT2D eigenvalue weighted by atomic mass is 32.2. The van der Waals surface area contributed by atoms with E-state index in [4.69, 9.17) is 0 Å². The van der Waals surface area contributed by atoms with Crippen LogP contribution in [-0.2, 0) is 14.8 Å². The van der Waals surface area contributed by atoms with Crippen molar-refractivity contribution in [3.63, 3.8) is 0 Å². The van der Waals surface area contributed by atoms with Gasteiger partial charge in [-0.1, -0.05) is 12.1 Å². The summed E-state index contributed by atoms with van der Waals surface area (Å²) in [6.45, 7) is 6.74. The number of aliphatic hydroxyl groups excluding tert-OH is 1. The molecule has 1 aromatic heterocycles. The van der Waals surface area contributed by atoms with E-state index in [1.165, 1.54) is 4.31 Å². The molecule has 0 bridgehead atoms. The van der Waals surface area contributed by atoms with Crippen LogP contribution in [0.15, 0.2) is 30.5 Å². The monoisotopic (exact) mass is 527 g/mol. The van der Waals surface area contributed by atoms with Gasteiger partial charge >= 0.3 is 0 Å². The van der Waals surface area contributed by atoms with E-state index in [-0.39, 0.29) is 30.1 Å². The Hall–Kier alpha value is -3.18. The topological polar surface area (TPSA) is 123 Å². The molecule has 1 aromatic carbocycles. The number of anilines is 2. The van der Waals surface area contributed by atoms with Gasteiger partial charge in [-0.15, -0.1) is 0 Å². The van der Waals surface area contributed by atoms with E-state index in [9.17, 15) is 23.1 Å². The standard InChI is InChI=1S/C26H33N5O5S/c1-17-12-18(2)24(27-14-17)29-7-9-30(10-8-29)26(34)21-5-4-19(23-20(16-32)15-28-25(23)33)13-22(21)31-6-3-11-37(31,35)36/h4-5,12-14,20,23,32H,3,6-11,15-16H2,1-2H3,(H,28,33)/t20?,23-/m0/s1. The van der Waals surface area contributed by atoms with Crippen LogP contribution in [0.3, 0.4) is 0 Å². The average Bonchev–Trinajstić information content (AvgIpc) is 3.44. The minimum absolute atomic E-state index is 0.0234. The number of nitrogens with zero attached hydrogens (tertiary/aromatic N) is 4. The van der Waals surface area contributed by atoms with Gasteiger partial charge in [0, 0.05) is 58.0 Å². The lowest BCUT2D eigenvalue weighted by Gasteiger charge is -2.36. The molecule has 5 rings (SSSR count). The van der Waals surface area contributed by atoms with Crippen LogP contribution < -0.4 is 14.5 Å².